The minimum absolute atomic E-state index is 0.233. The van der Waals surface area contributed by atoms with E-state index in [9.17, 15) is 0 Å². The van der Waals surface area contributed by atoms with E-state index in [2.05, 4.69) is 30.3 Å². The Bertz CT molecular complexity index is 224. The third kappa shape index (κ3) is 1.84. The first-order valence-electron chi connectivity index (χ1n) is 4.77. The number of hydrogen-bond donors (Lipinski definition) is 1. The number of benzene rings is 1. The van der Waals surface area contributed by atoms with Crippen LogP contribution in [0.1, 0.15) is 19.3 Å². The molecule has 0 unspecified atom stereocenters. The van der Waals surface area contributed by atoms with Gasteiger partial charge in [-0.1, -0.05) is 36.8 Å². The van der Waals surface area contributed by atoms with Crippen LogP contribution < -0.4 is 0 Å². The van der Waals surface area contributed by atoms with E-state index in [4.69, 9.17) is 0 Å². The summed E-state index contributed by atoms with van der Waals surface area (Å²) in [6, 6.07) is 11.1. The van der Waals surface area contributed by atoms with Crippen LogP contribution in [0.5, 0.6) is 0 Å². The van der Waals surface area contributed by atoms with Gasteiger partial charge in [-0.15, -0.1) is 0 Å². The summed E-state index contributed by atoms with van der Waals surface area (Å²) in [5.74, 6) is 2.94. The Morgan fingerprint density at radius 2 is 1.50 bits per heavy atom. The van der Waals surface area contributed by atoms with Crippen molar-refractivity contribution in [1.82, 2.24) is 0 Å². The van der Waals surface area contributed by atoms with Crippen molar-refractivity contribution in [2.24, 2.45) is 0 Å². The Balaban J connectivity index is 2.08. The highest BCUT2D eigenvalue weighted by Gasteiger charge is 2.10. The molecule has 1 aromatic rings. The highest BCUT2D eigenvalue weighted by atomic mass is 32.2. The Morgan fingerprint density at radius 3 is 2.17 bits per heavy atom. The third-order valence-corrected chi connectivity index (χ3v) is 5.22. The molecule has 66 valence electrons. The molecule has 0 nitrogen and oxygen atoms in total. The molecule has 0 aliphatic carbocycles. The molecule has 1 aliphatic rings. The smallest absolute Gasteiger partial charge is 0.0125 e. The molecule has 0 atom stereocenters. The zero-order chi connectivity index (χ0) is 8.23. The van der Waals surface area contributed by atoms with Crippen molar-refractivity contribution in [3.63, 3.8) is 0 Å². The maximum absolute atomic E-state index is 2.30. The molecule has 0 aromatic heterocycles. The first kappa shape index (κ1) is 8.18. The zero-order valence-corrected chi connectivity index (χ0v) is 8.26. The Morgan fingerprint density at radius 1 is 0.833 bits per heavy atom. The molecule has 12 heavy (non-hydrogen) atoms. The van der Waals surface area contributed by atoms with Gasteiger partial charge >= 0.3 is 0 Å². The molecule has 0 amide bonds. The minimum Gasteiger partial charge on any atom is -0.227 e. The number of rotatable bonds is 1. The molecular weight excluding hydrogens is 164 g/mol. The van der Waals surface area contributed by atoms with Crippen LogP contribution in [0.4, 0.5) is 0 Å². The summed E-state index contributed by atoms with van der Waals surface area (Å²) in [5, 5.41) is 0. The van der Waals surface area contributed by atoms with E-state index >= 15 is 0 Å². The molecule has 0 saturated carbocycles. The lowest BCUT2D eigenvalue weighted by molar-refractivity contribution is 0.758. The molecule has 0 N–H and O–H groups in total. The average molecular weight is 180 g/mol. The molecule has 2 rings (SSSR count). The van der Waals surface area contributed by atoms with Crippen molar-refractivity contribution in [3.05, 3.63) is 30.3 Å². The SMILES string of the molecule is c1ccc([SH]2CCCCC2)cc1. The Hall–Kier alpha value is -0.430. The predicted octanol–water partition coefficient (Wildman–Crippen LogP) is 3.23. The molecule has 1 aromatic carbocycles. The second-order valence-corrected chi connectivity index (χ2v) is 5.87. The standard InChI is InChI=1S/C11H16S/c1-3-7-11(8-4-1)12-9-5-2-6-10-12/h1,3-4,7-8,12H,2,5-6,9-10H2. The van der Waals surface area contributed by atoms with Crippen molar-refractivity contribution < 1.29 is 0 Å². The van der Waals surface area contributed by atoms with E-state index in [1.165, 1.54) is 30.8 Å². The first-order valence-corrected chi connectivity index (χ1v) is 6.48. The van der Waals surface area contributed by atoms with Gasteiger partial charge in [0.2, 0.25) is 0 Å². The summed E-state index contributed by atoms with van der Waals surface area (Å²) in [5.41, 5.74) is 0. The lowest BCUT2D eigenvalue weighted by Crippen LogP contribution is -2.02. The van der Waals surface area contributed by atoms with Gasteiger partial charge in [-0.25, -0.2) is 10.9 Å². The van der Waals surface area contributed by atoms with Crippen LogP contribution in [0, 0.1) is 0 Å². The van der Waals surface area contributed by atoms with E-state index in [1.807, 2.05) is 0 Å². The molecule has 1 aliphatic heterocycles. The van der Waals surface area contributed by atoms with Crippen molar-refractivity contribution in [2.75, 3.05) is 11.5 Å². The Kier molecular flexibility index (Phi) is 2.72. The van der Waals surface area contributed by atoms with Crippen LogP contribution in [0.2, 0.25) is 0 Å². The maximum Gasteiger partial charge on any atom is -0.0125 e. The lowest BCUT2D eigenvalue weighted by Gasteiger charge is -2.26. The third-order valence-electron chi connectivity index (χ3n) is 2.48. The van der Waals surface area contributed by atoms with Crippen molar-refractivity contribution >= 4 is 10.9 Å². The first-order chi connectivity index (χ1) is 5.97. The molecule has 0 bridgehead atoms. The van der Waals surface area contributed by atoms with Crippen LogP contribution in [0.25, 0.3) is 0 Å². The van der Waals surface area contributed by atoms with E-state index < -0.39 is 0 Å². The average Bonchev–Trinajstić information content (AvgIpc) is 2.21. The summed E-state index contributed by atoms with van der Waals surface area (Å²) < 4.78 is 0. The second kappa shape index (κ2) is 3.99. The van der Waals surface area contributed by atoms with E-state index in [0.29, 0.717) is 0 Å². The summed E-state index contributed by atoms with van der Waals surface area (Å²) in [4.78, 5) is 1.62. The summed E-state index contributed by atoms with van der Waals surface area (Å²) in [6.07, 6.45) is 4.38. The summed E-state index contributed by atoms with van der Waals surface area (Å²) in [6.45, 7) is 0. The van der Waals surface area contributed by atoms with E-state index in [0.717, 1.165) is 0 Å². The highest BCUT2D eigenvalue weighted by Crippen LogP contribution is 2.40. The van der Waals surface area contributed by atoms with Gasteiger partial charge in [0.15, 0.2) is 0 Å². The van der Waals surface area contributed by atoms with Crippen LogP contribution in [0.15, 0.2) is 35.2 Å². The molecule has 1 fully saturated rings. The predicted molar refractivity (Wildman–Crippen MR) is 57.3 cm³/mol. The quantitative estimate of drug-likeness (QED) is 0.630. The fourth-order valence-electron chi connectivity index (χ4n) is 1.79. The maximum atomic E-state index is 2.30. The topological polar surface area (TPSA) is 0 Å². The monoisotopic (exact) mass is 180 g/mol. The molecule has 0 spiro atoms. The van der Waals surface area contributed by atoms with Crippen LogP contribution in [-0.4, -0.2) is 11.5 Å². The minimum atomic E-state index is 0.233. The molecule has 0 radical (unpaired) electrons. The normalized spacial score (nSPS) is 20.8. The van der Waals surface area contributed by atoms with E-state index in [1.54, 1.807) is 4.90 Å². The van der Waals surface area contributed by atoms with Gasteiger partial charge < -0.3 is 0 Å². The van der Waals surface area contributed by atoms with Crippen LogP contribution in [0.3, 0.4) is 0 Å². The van der Waals surface area contributed by atoms with Gasteiger partial charge in [0.05, 0.1) is 0 Å². The molecule has 1 heterocycles. The van der Waals surface area contributed by atoms with Crippen LogP contribution >= 0.6 is 10.9 Å². The Labute approximate surface area is 77.3 Å². The summed E-state index contributed by atoms with van der Waals surface area (Å²) in [7, 11) is 0.233. The van der Waals surface area contributed by atoms with Gasteiger partial charge in [0.1, 0.15) is 0 Å². The molecule has 1 saturated heterocycles. The second-order valence-electron chi connectivity index (χ2n) is 3.38. The van der Waals surface area contributed by atoms with Crippen molar-refractivity contribution in [3.8, 4) is 0 Å². The van der Waals surface area contributed by atoms with Gasteiger partial charge in [-0.3, -0.25) is 0 Å². The molecule has 1 heteroatoms. The van der Waals surface area contributed by atoms with E-state index in [-0.39, 0.29) is 10.9 Å². The van der Waals surface area contributed by atoms with Gasteiger partial charge in [0, 0.05) is 0 Å². The molecular formula is C11H16S. The van der Waals surface area contributed by atoms with Gasteiger partial charge in [-0.05, 0) is 29.2 Å². The fraction of sp³-hybridized carbons (Fsp3) is 0.455. The number of thiol groups is 1. The van der Waals surface area contributed by atoms with Crippen LogP contribution in [-0.2, 0) is 0 Å². The largest absolute Gasteiger partial charge is 0.227 e. The van der Waals surface area contributed by atoms with Crippen molar-refractivity contribution in [1.29, 1.82) is 0 Å². The zero-order valence-electron chi connectivity index (χ0n) is 7.37. The lowest BCUT2D eigenvalue weighted by atomic mass is 10.3. The van der Waals surface area contributed by atoms with Gasteiger partial charge in [-0.2, -0.15) is 0 Å². The van der Waals surface area contributed by atoms with Gasteiger partial charge in [0.25, 0.3) is 0 Å². The fourth-order valence-corrected chi connectivity index (χ4v) is 4.34. The summed E-state index contributed by atoms with van der Waals surface area (Å²) >= 11 is 0. The number of hydrogen-bond acceptors (Lipinski definition) is 0. The highest BCUT2D eigenvalue weighted by molar-refractivity contribution is 8.17. The van der Waals surface area contributed by atoms with Crippen molar-refractivity contribution in [2.45, 2.75) is 24.2 Å².